The first kappa shape index (κ1) is 14.7. The van der Waals surface area contributed by atoms with Crippen LogP contribution in [0.1, 0.15) is 0 Å². The molecule has 1 aromatic heterocycles. The lowest BCUT2D eigenvalue weighted by Crippen LogP contribution is -2.32. The minimum Gasteiger partial charge on any atom is -0.297 e. The van der Waals surface area contributed by atoms with E-state index in [1.54, 1.807) is 0 Å². The molecule has 2 N–H and O–H groups in total. The van der Waals surface area contributed by atoms with Gasteiger partial charge in [0.15, 0.2) is 0 Å². The lowest BCUT2D eigenvalue weighted by molar-refractivity contribution is -0.167. The molecule has 0 saturated carbocycles. The fourth-order valence-electron chi connectivity index (χ4n) is 0.709. The van der Waals surface area contributed by atoms with Gasteiger partial charge >= 0.3 is 24.2 Å². The number of nitrogens with zero attached hydrogens (tertiary/aromatic N) is 2. The molecule has 0 radical (unpaired) electrons. The fourth-order valence-corrected chi connectivity index (χ4v) is 0.709. The second-order valence-electron chi connectivity index (χ2n) is 2.87. The summed E-state index contributed by atoms with van der Waals surface area (Å²) in [7, 11) is 0. The molecular formula is C6H2F6N4O3. The Kier molecular flexibility index (Phi) is 3.67. The number of rotatable bonds is 2. The Morgan fingerprint density at radius 2 is 1.16 bits per heavy atom. The number of halogens is 6. The van der Waals surface area contributed by atoms with Gasteiger partial charge in [-0.25, -0.2) is 4.63 Å². The van der Waals surface area contributed by atoms with Crippen molar-refractivity contribution in [2.75, 3.05) is 10.6 Å². The molecule has 0 fully saturated rings. The molecular weight excluding hydrogens is 290 g/mol. The molecule has 0 atom stereocenters. The van der Waals surface area contributed by atoms with E-state index in [2.05, 4.69) is 14.9 Å². The molecule has 0 unspecified atom stereocenters. The highest BCUT2D eigenvalue weighted by molar-refractivity contribution is 6.00. The van der Waals surface area contributed by atoms with Crippen molar-refractivity contribution in [2.45, 2.75) is 12.4 Å². The Labute approximate surface area is 98.4 Å². The summed E-state index contributed by atoms with van der Waals surface area (Å²) in [6, 6.07) is 0. The normalized spacial score (nSPS) is 12.1. The zero-order valence-electron chi connectivity index (χ0n) is 8.39. The largest absolute Gasteiger partial charge is 0.471 e. The van der Waals surface area contributed by atoms with E-state index < -0.39 is 35.8 Å². The first-order chi connectivity index (χ1) is 8.51. The average Bonchev–Trinajstić information content (AvgIpc) is 2.62. The summed E-state index contributed by atoms with van der Waals surface area (Å²) in [4.78, 5) is 21.0. The van der Waals surface area contributed by atoms with Crippen LogP contribution < -0.4 is 10.6 Å². The third-order valence-corrected chi connectivity index (χ3v) is 1.47. The van der Waals surface area contributed by atoms with Crippen LogP contribution in [-0.4, -0.2) is 34.5 Å². The van der Waals surface area contributed by atoms with Crippen LogP contribution in [0.25, 0.3) is 0 Å². The number of alkyl halides is 6. The first-order valence-electron chi connectivity index (χ1n) is 4.10. The number of nitrogens with one attached hydrogen (secondary N) is 2. The van der Waals surface area contributed by atoms with Crippen molar-refractivity contribution in [3.63, 3.8) is 0 Å². The molecule has 1 aromatic rings. The van der Waals surface area contributed by atoms with Crippen molar-refractivity contribution in [1.82, 2.24) is 10.3 Å². The number of hydrogen-bond acceptors (Lipinski definition) is 5. The summed E-state index contributed by atoms with van der Waals surface area (Å²) < 4.78 is 75.0. The van der Waals surface area contributed by atoms with Crippen LogP contribution in [-0.2, 0) is 9.59 Å². The lowest BCUT2D eigenvalue weighted by atomic mass is 10.5. The summed E-state index contributed by atoms with van der Waals surface area (Å²) >= 11 is 0. The third kappa shape index (κ3) is 3.82. The van der Waals surface area contributed by atoms with E-state index in [0.29, 0.717) is 0 Å². The van der Waals surface area contributed by atoms with E-state index in [4.69, 9.17) is 0 Å². The van der Waals surface area contributed by atoms with Crippen LogP contribution in [0.5, 0.6) is 0 Å². The van der Waals surface area contributed by atoms with Gasteiger partial charge in [0.1, 0.15) is 0 Å². The van der Waals surface area contributed by atoms with Crippen LogP contribution in [0.3, 0.4) is 0 Å². The zero-order valence-corrected chi connectivity index (χ0v) is 8.39. The van der Waals surface area contributed by atoms with E-state index in [1.807, 2.05) is 0 Å². The smallest absolute Gasteiger partial charge is 0.297 e. The van der Waals surface area contributed by atoms with Gasteiger partial charge in [0.05, 0.1) is 0 Å². The quantitative estimate of drug-likeness (QED) is 0.795. The summed E-state index contributed by atoms with van der Waals surface area (Å²) in [5, 5.41) is 7.56. The molecule has 13 heteroatoms. The molecule has 0 spiro atoms. The summed E-state index contributed by atoms with van der Waals surface area (Å²) in [5.74, 6) is -7.27. The molecule has 0 aliphatic rings. The Morgan fingerprint density at radius 1 is 0.842 bits per heavy atom. The molecule has 1 rings (SSSR count). The number of hydrogen-bond donors (Lipinski definition) is 2. The standard InChI is InChI=1S/C6H2F6N4O3/c7-5(8,9)3(17)13-1-2(16-19-15-1)14-4(18)6(10,11)12/h(H,13,15,17)(H,14,16,18). The van der Waals surface area contributed by atoms with Crippen molar-refractivity contribution in [2.24, 2.45) is 0 Å². The van der Waals surface area contributed by atoms with Gasteiger partial charge in [0.2, 0.25) is 11.6 Å². The monoisotopic (exact) mass is 292 g/mol. The van der Waals surface area contributed by atoms with Crippen molar-refractivity contribution in [1.29, 1.82) is 0 Å². The average molecular weight is 292 g/mol. The van der Waals surface area contributed by atoms with Crippen LogP contribution >= 0.6 is 0 Å². The second-order valence-corrected chi connectivity index (χ2v) is 2.87. The number of anilines is 2. The predicted octanol–water partition coefficient (Wildman–Crippen LogP) is 1.07. The van der Waals surface area contributed by atoms with Gasteiger partial charge < -0.3 is 0 Å². The third-order valence-electron chi connectivity index (χ3n) is 1.47. The van der Waals surface area contributed by atoms with Gasteiger partial charge in [0.25, 0.3) is 0 Å². The molecule has 0 bridgehead atoms. The van der Waals surface area contributed by atoms with E-state index in [9.17, 15) is 35.9 Å². The lowest BCUT2D eigenvalue weighted by Gasteiger charge is -2.07. The maximum Gasteiger partial charge on any atom is 0.471 e. The predicted molar refractivity (Wildman–Crippen MR) is 43.7 cm³/mol. The Balaban J connectivity index is 2.82. The van der Waals surface area contributed by atoms with E-state index in [0.717, 1.165) is 10.6 Å². The van der Waals surface area contributed by atoms with E-state index in [-0.39, 0.29) is 0 Å². The summed E-state index contributed by atoms with van der Waals surface area (Å²) in [6.07, 6.45) is -10.6. The summed E-state index contributed by atoms with van der Waals surface area (Å²) in [5.41, 5.74) is 0. The number of carbonyl (C=O) groups excluding carboxylic acids is 2. The molecule has 1 heterocycles. The highest BCUT2D eigenvalue weighted by atomic mass is 19.4. The van der Waals surface area contributed by atoms with Crippen molar-refractivity contribution < 1.29 is 40.6 Å². The topological polar surface area (TPSA) is 97.1 Å². The van der Waals surface area contributed by atoms with Crippen LogP contribution in [0, 0.1) is 0 Å². The molecule has 7 nitrogen and oxygen atoms in total. The van der Waals surface area contributed by atoms with Crippen molar-refractivity contribution >= 4 is 23.5 Å². The zero-order chi connectivity index (χ0) is 14.8. The minimum absolute atomic E-state index is 1.07. The van der Waals surface area contributed by atoms with Gasteiger partial charge in [-0.05, 0) is 10.3 Å². The highest BCUT2D eigenvalue weighted by Gasteiger charge is 2.42. The highest BCUT2D eigenvalue weighted by Crippen LogP contribution is 2.23. The molecule has 0 aromatic carbocycles. The van der Waals surface area contributed by atoms with Crippen LogP contribution in [0.4, 0.5) is 38.0 Å². The second kappa shape index (κ2) is 4.74. The van der Waals surface area contributed by atoms with Gasteiger partial charge in [-0.15, -0.1) is 0 Å². The van der Waals surface area contributed by atoms with Gasteiger partial charge in [-0.1, -0.05) is 0 Å². The maximum absolute atomic E-state index is 11.9. The number of amides is 2. The van der Waals surface area contributed by atoms with Crippen LogP contribution in [0.15, 0.2) is 4.63 Å². The van der Waals surface area contributed by atoms with Gasteiger partial charge in [-0.3, -0.25) is 20.2 Å². The minimum atomic E-state index is -5.30. The molecule has 0 aliphatic carbocycles. The SMILES string of the molecule is O=C(Nc1nonc1NC(=O)C(F)(F)F)C(F)(F)F. The van der Waals surface area contributed by atoms with Crippen molar-refractivity contribution in [3.05, 3.63) is 0 Å². The first-order valence-corrected chi connectivity index (χ1v) is 4.10. The number of carbonyl (C=O) groups is 2. The Bertz CT molecular complexity index is 449. The van der Waals surface area contributed by atoms with Crippen molar-refractivity contribution in [3.8, 4) is 0 Å². The molecule has 0 aliphatic heterocycles. The molecule has 2 amide bonds. The van der Waals surface area contributed by atoms with Gasteiger partial charge in [-0.2, -0.15) is 26.3 Å². The van der Waals surface area contributed by atoms with Gasteiger partial charge in [0, 0.05) is 0 Å². The Hall–Kier alpha value is -2.34. The number of aromatic nitrogens is 2. The van der Waals surface area contributed by atoms with E-state index >= 15 is 0 Å². The molecule has 0 saturated heterocycles. The molecule has 19 heavy (non-hydrogen) atoms. The maximum atomic E-state index is 11.9. The van der Waals surface area contributed by atoms with E-state index in [1.165, 1.54) is 0 Å². The Morgan fingerprint density at radius 3 is 1.42 bits per heavy atom. The fraction of sp³-hybridized carbons (Fsp3) is 0.333. The molecule has 106 valence electrons. The summed E-state index contributed by atoms with van der Waals surface area (Å²) in [6.45, 7) is 0. The van der Waals surface area contributed by atoms with Crippen LogP contribution in [0.2, 0.25) is 0 Å².